The Labute approximate surface area is 168 Å². The fourth-order valence-electron chi connectivity index (χ4n) is 2.65. The second-order valence-corrected chi connectivity index (χ2v) is 6.69. The van der Waals surface area contributed by atoms with Crippen LogP contribution in [0.2, 0.25) is 0 Å². The number of aryl methyl sites for hydroxylation is 1. The third-order valence-corrected chi connectivity index (χ3v) is 4.55. The Bertz CT molecular complexity index is 984. The highest BCUT2D eigenvalue weighted by atomic mass is 16.5. The number of carbonyl (C=O) groups excluding carboxylic acids is 2. The van der Waals surface area contributed by atoms with E-state index in [1.165, 1.54) is 6.33 Å². The number of aromatic nitrogens is 3. The number of ether oxygens (including phenoxy) is 1. The summed E-state index contributed by atoms with van der Waals surface area (Å²) in [5.41, 5.74) is 8.27. The van der Waals surface area contributed by atoms with Crippen molar-refractivity contribution in [2.45, 2.75) is 33.4 Å². The molecule has 0 aliphatic rings. The third-order valence-electron chi connectivity index (χ3n) is 4.55. The van der Waals surface area contributed by atoms with Gasteiger partial charge in [-0.05, 0) is 55.7 Å². The van der Waals surface area contributed by atoms with E-state index in [1.54, 1.807) is 30.1 Å². The molecule has 150 valence electrons. The maximum Gasteiger partial charge on any atom is 0.279 e. The van der Waals surface area contributed by atoms with Crippen molar-refractivity contribution >= 4 is 11.8 Å². The zero-order chi connectivity index (χ0) is 20.8. The average molecular weight is 393 g/mol. The first-order valence-corrected chi connectivity index (χ1v) is 9.18. The van der Waals surface area contributed by atoms with Crippen LogP contribution in [0.25, 0.3) is 0 Å². The van der Waals surface area contributed by atoms with Crippen molar-refractivity contribution in [2.75, 3.05) is 0 Å². The average Bonchev–Trinajstić information content (AvgIpc) is 3.23. The summed E-state index contributed by atoms with van der Waals surface area (Å²) in [5, 5.41) is 4.04. The monoisotopic (exact) mass is 393 g/mol. The molecule has 1 heterocycles. The molecule has 0 saturated heterocycles. The van der Waals surface area contributed by atoms with Crippen LogP contribution in [0.5, 0.6) is 5.75 Å². The van der Waals surface area contributed by atoms with Crippen LogP contribution in [-0.2, 0) is 11.3 Å². The Morgan fingerprint density at radius 2 is 1.86 bits per heavy atom. The first-order chi connectivity index (χ1) is 13.9. The summed E-state index contributed by atoms with van der Waals surface area (Å²) < 4.78 is 7.40. The predicted octanol–water partition coefficient (Wildman–Crippen LogP) is 2.17. The van der Waals surface area contributed by atoms with E-state index < -0.39 is 17.9 Å². The quantitative estimate of drug-likeness (QED) is 0.626. The highest BCUT2D eigenvalue weighted by molar-refractivity contribution is 5.95. The van der Waals surface area contributed by atoms with E-state index in [2.05, 4.69) is 20.9 Å². The standard InChI is InChI=1S/C21H23N5O3/c1-14-5-4-6-19(15(14)2)29-16(3)20(27)24-25-21(28)18-9-7-17(8-10-18)11-26-13-22-12-23-26/h4-10,12-13,16H,11H2,1-3H3,(H,24,27)(H,25,28)/t16-/m1/s1. The summed E-state index contributed by atoms with van der Waals surface area (Å²) in [6.07, 6.45) is 2.33. The summed E-state index contributed by atoms with van der Waals surface area (Å²) in [5.74, 6) is -0.214. The molecule has 0 aliphatic heterocycles. The molecular formula is C21H23N5O3. The highest BCUT2D eigenvalue weighted by Crippen LogP contribution is 2.21. The number of hydrazine groups is 1. The number of nitrogens with zero attached hydrogens (tertiary/aromatic N) is 3. The molecular weight excluding hydrogens is 370 g/mol. The molecule has 0 spiro atoms. The van der Waals surface area contributed by atoms with E-state index in [0.717, 1.165) is 16.7 Å². The molecule has 0 fully saturated rings. The SMILES string of the molecule is Cc1cccc(O[C@H](C)C(=O)NNC(=O)c2ccc(Cn3cncn3)cc2)c1C. The number of rotatable bonds is 6. The molecule has 0 unspecified atom stereocenters. The molecule has 29 heavy (non-hydrogen) atoms. The van der Waals surface area contributed by atoms with Gasteiger partial charge >= 0.3 is 0 Å². The van der Waals surface area contributed by atoms with Crippen LogP contribution in [0.15, 0.2) is 55.1 Å². The van der Waals surface area contributed by atoms with Crippen LogP contribution >= 0.6 is 0 Å². The van der Waals surface area contributed by atoms with Crippen molar-refractivity contribution in [1.29, 1.82) is 0 Å². The number of amides is 2. The highest BCUT2D eigenvalue weighted by Gasteiger charge is 2.17. The number of benzene rings is 2. The van der Waals surface area contributed by atoms with Crippen LogP contribution in [0.3, 0.4) is 0 Å². The molecule has 2 N–H and O–H groups in total. The van der Waals surface area contributed by atoms with Gasteiger partial charge in [-0.15, -0.1) is 0 Å². The van der Waals surface area contributed by atoms with Gasteiger partial charge in [0.25, 0.3) is 11.8 Å². The molecule has 0 bridgehead atoms. The van der Waals surface area contributed by atoms with E-state index in [-0.39, 0.29) is 0 Å². The molecule has 0 radical (unpaired) electrons. The van der Waals surface area contributed by atoms with Gasteiger partial charge in [-0.1, -0.05) is 24.3 Å². The van der Waals surface area contributed by atoms with E-state index in [1.807, 2.05) is 44.2 Å². The topological polar surface area (TPSA) is 98.1 Å². The summed E-state index contributed by atoms with van der Waals surface area (Å²) in [6, 6.07) is 12.7. The molecule has 2 amide bonds. The first-order valence-electron chi connectivity index (χ1n) is 9.18. The lowest BCUT2D eigenvalue weighted by atomic mass is 10.1. The van der Waals surface area contributed by atoms with E-state index in [4.69, 9.17) is 4.74 Å². The maximum atomic E-state index is 12.3. The fraction of sp³-hybridized carbons (Fsp3) is 0.238. The van der Waals surface area contributed by atoms with Gasteiger partial charge in [0, 0.05) is 5.56 Å². The molecule has 1 aromatic heterocycles. The largest absolute Gasteiger partial charge is 0.481 e. The van der Waals surface area contributed by atoms with Crippen LogP contribution in [0.1, 0.15) is 34.0 Å². The lowest BCUT2D eigenvalue weighted by molar-refractivity contribution is -0.128. The van der Waals surface area contributed by atoms with E-state index in [0.29, 0.717) is 17.9 Å². The summed E-state index contributed by atoms with van der Waals surface area (Å²) in [7, 11) is 0. The molecule has 8 heteroatoms. The van der Waals surface area contributed by atoms with Crippen molar-refractivity contribution < 1.29 is 14.3 Å². The van der Waals surface area contributed by atoms with Gasteiger partial charge in [0.05, 0.1) is 6.54 Å². The third kappa shape index (κ3) is 5.19. The van der Waals surface area contributed by atoms with Crippen molar-refractivity contribution in [1.82, 2.24) is 25.6 Å². The fourth-order valence-corrected chi connectivity index (χ4v) is 2.65. The molecule has 8 nitrogen and oxygen atoms in total. The maximum absolute atomic E-state index is 12.3. The Morgan fingerprint density at radius 1 is 1.10 bits per heavy atom. The van der Waals surface area contributed by atoms with Gasteiger partial charge in [-0.3, -0.25) is 20.4 Å². The van der Waals surface area contributed by atoms with Gasteiger partial charge < -0.3 is 4.74 Å². The van der Waals surface area contributed by atoms with Crippen molar-refractivity contribution in [2.24, 2.45) is 0 Å². The second kappa shape index (κ2) is 9.01. The first kappa shape index (κ1) is 20.1. The van der Waals surface area contributed by atoms with Gasteiger partial charge in [-0.25, -0.2) is 9.67 Å². The smallest absolute Gasteiger partial charge is 0.279 e. The number of carbonyl (C=O) groups is 2. The minimum Gasteiger partial charge on any atom is -0.481 e. The van der Waals surface area contributed by atoms with Gasteiger partial charge in [-0.2, -0.15) is 5.10 Å². The van der Waals surface area contributed by atoms with E-state index in [9.17, 15) is 9.59 Å². The Kier molecular flexibility index (Phi) is 6.23. The summed E-state index contributed by atoms with van der Waals surface area (Å²) in [6.45, 7) is 6.10. The number of hydrogen-bond acceptors (Lipinski definition) is 5. The molecule has 3 aromatic rings. The Balaban J connectivity index is 1.51. The van der Waals surface area contributed by atoms with Gasteiger partial charge in [0.2, 0.25) is 0 Å². The summed E-state index contributed by atoms with van der Waals surface area (Å²) >= 11 is 0. The Morgan fingerprint density at radius 3 is 2.55 bits per heavy atom. The number of hydrogen-bond donors (Lipinski definition) is 2. The van der Waals surface area contributed by atoms with Crippen LogP contribution < -0.4 is 15.6 Å². The van der Waals surface area contributed by atoms with Crippen molar-refractivity contribution in [3.63, 3.8) is 0 Å². The molecule has 3 rings (SSSR count). The lowest BCUT2D eigenvalue weighted by Crippen LogP contribution is -2.47. The molecule has 0 saturated carbocycles. The Hall–Kier alpha value is -3.68. The normalized spacial score (nSPS) is 11.6. The minimum absolute atomic E-state index is 0.412. The second-order valence-electron chi connectivity index (χ2n) is 6.69. The van der Waals surface area contributed by atoms with Crippen molar-refractivity contribution in [3.05, 3.63) is 77.4 Å². The zero-order valence-electron chi connectivity index (χ0n) is 16.5. The number of nitrogens with one attached hydrogen (secondary N) is 2. The lowest BCUT2D eigenvalue weighted by Gasteiger charge is -2.17. The van der Waals surface area contributed by atoms with Gasteiger partial charge in [0.15, 0.2) is 6.10 Å². The molecule has 0 aliphatic carbocycles. The molecule has 2 aromatic carbocycles. The van der Waals surface area contributed by atoms with Crippen molar-refractivity contribution in [3.8, 4) is 5.75 Å². The predicted molar refractivity (Wildman–Crippen MR) is 107 cm³/mol. The zero-order valence-corrected chi connectivity index (χ0v) is 16.5. The molecule has 1 atom stereocenters. The van der Waals surface area contributed by atoms with Crippen LogP contribution in [-0.4, -0.2) is 32.7 Å². The van der Waals surface area contributed by atoms with E-state index >= 15 is 0 Å². The minimum atomic E-state index is -0.763. The summed E-state index contributed by atoms with van der Waals surface area (Å²) in [4.78, 5) is 28.4. The van der Waals surface area contributed by atoms with Gasteiger partial charge in [0.1, 0.15) is 18.4 Å². The van der Waals surface area contributed by atoms with Crippen LogP contribution in [0, 0.1) is 13.8 Å². The van der Waals surface area contributed by atoms with Crippen LogP contribution in [0.4, 0.5) is 0 Å².